The van der Waals surface area contributed by atoms with Crippen LogP contribution < -0.4 is 9.47 Å². The molecule has 1 saturated carbocycles. The molecule has 0 aliphatic heterocycles. The van der Waals surface area contributed by atoms with Crippen molar-refractivity contribution < 1.29 is 14.6 Å². The Hall–Kier alpha value is -1.22. The number of ether oxygens (including phenoxy) is 2. The summed E-state index contributed by atoms with van der Waals surface area (Å²) < 4.78 is 11.4. The Morgan fingerprint density at radius 1 is 1.22 bits per heavy atom. The van der Waals surface area contributed by atoms with Gasteiger partial charge in [0.05, 0.1) is 13.2 Å². The molecule has 0 spiro atoms. The third-order valence-corrected chi connectivity index (χ3v) is 3.45. The highest BCUT2D eigenvalue weighted by Crippen LogP contribution is 2.32. The Labute approximate surface area is 109 Å². The summed E-state index contributed by atoms with van der Waals surface area (Å²) in [5, 5.41) is 8.84. The number of hydrogen-bond acceptors (Lipinski definition) is 3. The number of methoxy groups -OCH3 is 1. The second-order valence-corrected chi connectivity index (χ2v) is 4.84. The van der Waals surface area contributed by atoms with Crippen LogP contribution in [0.4, 0.5) is 0 Å². The highest BCUT2D eigenvalue weighted by Gasteiger charge is 2.18. The van der Waals surface area contributed by atoms with Crippen LogP contribution >= 0.6 is 0 Å². The van der Waals surface area contributed by atoms with Crippen molar-refractivity contribution in [3.63, 3.8) is 0 Å². The number of hydrogen-bond donors (Lipinski definition) is 1. The van der Waals surface area contributed by atoms with Gasteiger partial charge in [0.25, 0.3) is 0 Å². The van der Waals surface area contributed by atoms with Crippen molar-refractivity contribution in [1.29, 1.82) is 0 Å². The molecule has 3 heteroatoms. The minimum atomic E-state index is 0.225. The summed E-state index contributed by atoms with van der Waals surface area (Å²) >= 11 is 0. The van der Waals surface area contributed by atoms with Gasteiger partial charge in [0, 0.05) is 6.61 Å². The van der Waals surface area contributed by atoms with Crippen LogP contribution in [0, 0.1) is 0 Å². The van der Waals surface area contributed by atoms with Crippen LogP contribution in [-0.4, -0.2) is 24.9 Å². The zero-order valence-corrected chi connectivity index (χ0v) is 11.0. The predicted octanol–water partition coefficient (Wildman–Crippen LogP) is 2.94. The van der Waals surface area contributed by atoms with Crippen molar-refractivity contribution in [2.45, 2.75) is 44.6 Å². The molecule has 1 fully saturated rings. The Morgan fingerprint density at radius 2 is 2.00 bits per heavy atom. The molecular weight excluding hydrogens is 228 g/mol. The van der Waals surface area contributed by atoms with Gasteiger partial charge in [-0.05, 0) is 56.2 Å². The van der Waals surface area contributed by atoms with Gasteiger partial charge < -0.3 is 14.6 Å². The molecular formula is C15H22O3. The zero-order chi connectivity index (χ0) is 12.8. The summed E-state index contributed by atoms with van der Waals surface area (Å²) in [4.78, 5) is 0. The van der Waals surface area contributed by atoms with E-state index in [1.807, 2.05) is 12.1 Å². The maximum absolute atomic E-state index is 8.84. The minimum absolute atomic E-state index is 0.225. The number of aliphatic hydroxyl groups is 1. The minimum Gasteiger partial charge on any atom is -0.493 e. The first-order valence-electron chi connectivity index (χ1n) is 6.78. The van der Waals surface area contributed by atoms with E-state index < -0.39 is 0 Å². The van der Waals surface area contributed by atoms with Gasteiger partial charge in [0.1, 0.15) is 0 Å². The maximum Gasteiger partial charge on any atom is 0.161 e. The van der Waals surface area contributed by atoms with Gasteiger partial charge in [0.15, 0.2) is 11.5 Å². The predicted molar refractivity (Wildman–Crippen MR) is 71.3 cm³/mol. The summed E-state index contributed by atoms with van der Waals surface area (Å²) in [6, 6.07) is 6.06. The molecule has 2 rings (SSSR count). The average Bonchev–Trinajstić information content (AvgIpc) is 2.90. The number of aryl methyl sites for hydroxylation is 1. The third kappa shape index (κ3) is 3.39. The SMILES string of the molecule is COc1cc(CCCO)ccc1OC1CCCC1. The van der Waals surface area contributed by atoms with Gasteiger partial charge in [-0.2, -0.15) is 0 Å². The van der Waals surface area contributed by atoms with E-state index in [0.717, 1.165) is 37.2 Å². The first kappa shape index (κ1) is 13.2. The van der Waals surface area contributed by atoms with Crippen molar-refractivity contribution in [3.8, 4) is 11.5 Å². The van der Waals surface area contributed by atoms with Crippen LogP contribution in [0.5, 0.6) is 11.5 Å². The lowest BCUT2D eigenvalue weighted by Gasteiger charge is -2.16. The van der Waals surface area contributed by atoms with Crippen LogP contribution in [0.3, 0.4) is 0 Å². The summed E-state index contributed by atoms with van der Waals surface area (Å²) in [6.07, 6.45) is 6.83. The van der Waals surface area contributed by atoms with E-state index in [9.17, 15) is 0 Å². The lowest BCUT2D eigenvalue weighted by atomic mass is 10.1. The van der Waals surface area contributed by atoms with Crippen molar-refractivity contribution in [2.75, 3.05) is 13.7 Å². The molecule has 0 radical (unpaired) electrons. The van der Waals surface area contributed by atoms with Crippen molar-refractivity contribution in [1.82, 2.24) is 0 Å². The Morgan fingerprint density at radius 3 is 2.67 bits per heavy atom. The van der Waals surface area contributed by atoms with E-state index >= 15 is 0 Å². The average molecular weight is 250 g/mol. The van der Waals surface area contributed by atoms with Gasteiger partial charge in [-0.25, -0.2) is 0 Å². The standard InChI is InChI=1S/C15H22O3/c1-17-15-11-12(5-4-10-16)8-9-14(15)18-13-6-2-3-7-13/h8-9,11,13,16H,2-7,10H2,1H3. The van der Waals surface area contributed by atoms with E-state index in [-0.39, 0.29) is 6.61 Å². The fourth-order valence-corrected chi connectivity index (χ4v) is 2.43. The summed E-state index contributed by atoms with van der Waals surface area (Å²) in [7, 11) is 1.67. The van der Waals surface area contributed by atoms with E-state index in [1.54, 1.807) is 7.11 Å². The zero-order valence-electron chi connectivity index (χ0n) is 11.0. The normalized spacial score (nSPS) is 15.9. The van der Waals surface area contributed by atoms with Crippen LogP contribution in [0.1, 0.15) is 37.7 Å². The second-order valence-electron chi connectivity index (χ2n) is 4.84. The van der Waals surface area contributed by atoms with E-state index in [4.69, 9.17) is 14.6 Å². The molecule has 1 aromatic carbocycles. The molecule has 0 unspecified atom stereocenters. The molecule has 1 aliphatic carbocycles. The van der Waals surface area contributed by atoms with Gasteiger partial charge in [-0.3, -0.25) is 0 Å². The highest BCUT2D eigenvalue weighted by molar-refractivity contribution is 5.43. The smallest absolute Gasteiger partial charge is 0.161 e. The molecule has 1 N–H and O–H groups in total. The van der Waals surface area contributed by atoms with E-state index in [0.29, 0.717) is 6.10 Å². The molecule has 0 amide bonds. The van der Waals surface area contributed by atoms with E-state index in [2.05, 4.69) is 6.07 Å². The lowest BCUT2D eigenvalue weighted by molar-refractivity contribution is 0.200. The molecule has 1 aromatic rings. The molecule has 0 atom stereocenters. The van der Waals surface area contributed by atoms with Gasteiger partial charge in [0.2, 0.25) is 0 Å². The molecule has 3 nitrogen and oxygen atoms in total. The Balaban J connectivity index is 2.04. The summed E-state index contributed by atoms with van der Waals surface area (Å²) in [6.45, 7) is 0.225. The molecule has 0 aromatic heterocycles. The van der Waals surface area contributed by atoms with Crippen LogP contribution in [0.2, 0.25) is 0 Å². The second kappa shape index (κ2) is 6.64. The van der Waals surface area contributed by atoms with Gasteiger partial charge in [-0.15, -0.1) is 0 Å². The third-order valence-electron chi connectivity index (χ3n) is 3.45. The number of rotatable bonds is 6. The van der Waals surface area contributed by atoms with Crippen molar-refractivity contribution in [2.24, 2.45) is 0 Å². The largest absolute Gasteiger partial charge is 0.493 e. The van der Waals surface area contributed by atoms with Crippen LogP contribution in [0.15, 0.2) is 18.2 Å². The monoisotopic (exact) mass is 250 g/mol. The van der Waals surface area contributed by atoms with E-state index in [1.165, 1.54) is 18.4 Å². The highest BCUT2D eigenvalue weighted by atomic mass is 16.5. The number of benzene rings is 1. The number of aliphatic hydroxyl groups excluding tert-OH is 1. The van der Waals surface area contributed by atoms with Crippen LogP contribution in [0.25, 0.3) is 0 Å². The summed E-state index contributed by atoms with van der Waals surface area (Å²) in [5.74, 6) is 1.65. The molecule has 100 valence electrons. The van der Waals surface area contributed by atoms with Gasteiger partial charge in [-0.1, -0.05) is 6.07 Å². The lowest BCUT2D eigenvalue weighted by Crippen LogP contribution is -2.11. The molecule has 0 bridgehead atoms. The van der Waals surface area contributed by atoms with Crippen LogP contribution in [-0.2, 0) is 6.42 Å². The van der Waals surface area contributed by atoms with Crippen molar-refractivity contribution in [3.05, 3.63) is 23.8 Å². The Bertz CT molecular complexity index is 370. The first-order chi connectivity index (χ1) is 8.83. The molecule has 1 aliphatic rings. The quantitative estimate of drug-likeness (QED) is 0.843. The first-order valence-corrected chi connectivity index (χ1v) is 6.78. The molecule has 18 heavy (non-hydrogen) atoms. The fourth-order valence-electron chi connectivity index (χ4n) is 2.43. The molecule has 0 heterocycles. The van der Waals surface area contributed by atoms with Gasteiger partial charge >= 0.3 is 0 Å². The van der Waals surface area contributed by atoms with Crippen molar-refractivity contribution >= 4 is 0 Å². The maximum atomic E-state index is 8.84. The fraction of sp³-hybridized carbons (Fsp3) is 0.600. The topological polar surface area (TPSA) is 38.7 Å². The summed E-state index contributed by atoms with van der Waals surface area (Å²) in [5.41, 5.74) is 1.18. The Kier molecular flexibility index (Phi) is 4.88. The molecule has 0 saturated heterocycles.